The van der Waals surface area contributed by atoms with Crippen molar-refractivity contribution in [2.24, 2.45) is 17.1 Å². The van der Waals surface area contributed by atoms with E-state index in [2.05, 4.69) is 5.48 Å². The molecule has 1 fully saturated rings. The number of rotatable bonds is 3. The lowest BCUT2D eigenvalue weighted by molar-refractivity contribution is -0.163. The van der Waals surface area contributed by atoms with Crippen molar-refractivity contribution >= 4 is 5.97 Å². The molecule has 0 spiro atoms. The molecule has 1 aliphatic carbocycles. The third-order valence-corrected chi connectivity index (χ3v) is 3.11. The summed E-state index contributed by atoms with van der Waals surface area (Å²) >= 11 is 0. The zero-order chi connectivity index (χ0) is 12.2. The molecule has 0 bridgehead atoms. The van der Waals surface area contributed by atoms with Crippen LogP contribution in [0.1, 0.15) is 46.5 Å². The summed E-state index contributed by atoms with van der Waals surface area (Å²) < 4.78 is 0. The van der Waals surface area contributed by atoms with Crippen molar-refractivity contribution in [3.8, 4) is 0 Å². The maximum atomic E-state index is 11.5. The van der Waals surface area contributed by atoms with Gasteiger partial charge in [-0.1, -0.05) is 0 Å². The number of hydrogen-bond donors (Lipinski definition) is 2. The van der Waals surface area contributed by atoms with Crippen LogP contribution in [0.4, 0.5) is 0 Å². The minimum absolute atomic E-state index is 0.201. The Morgan fingerprint density at radius 1 is 1.31 bits per heavy atom. The molecule has 1 saturated carbocycles. The standard InChI is InChI=1S/C12H24N2O2/c1-12(2,3)11(15)16-14-10-6-4-9(8-13)5-7-10/h9-10,14H,4-8,13H2,1-3H3. The molecule has 0 unspecified atom stereocenters. The molecule has 1 aliphatic rings. The number of hydrogen-bond acceptors (Lipinski definition) is 4. The molecule has 3 N–H and O–H groups in total. The summed E-state index contributed by atoms with van der Waals surface area (Å²) in [7, 11) is 0. The van der Waals surface area contributed by atoms with Gasteiger partial charge in [-0.2, -0.15) is 5.48 Å². The van der Waals surface area contributed by atoms with E-state index in [4.69, 9.17) is 10.6 Å². The highest BCUT2D eigenvalue weighted by molar-refractivity contribution is 5.75. The van der Waals surface area contributed by atoms with Gasteiger partial charge in [0.15, 0.2) is 0 Å². The van der Waals surface area contributed by atoms with Crippen molar-refractivity contribution in [1.29, 1.82) is 0 Å². The molecule has 0 amide bonds. The monoisotopic (exact) mass is 228 g/mol. The van der Waals surface area contributed by atoms with Crippen LogP contribution in [0.2, 0.25) is 0 Å². The Kier molecular flexibility index (Phi) is 4.74. The third-order valence-electron chi connectivity index (χ3n) is 3.11. The summed E-state index contributed by atoms with van der Waals surface area (Å²) in [5.41, 5.74) is 8.06. The zero-order valence-corrected chi connectivity index (χ0v) is 10.6. The molecular formula is C12H24N2O2. The van der Waals surface area contributed by atoms with E-state index in [1.165, 1.54) is 0 Å². The number of hydroxylamine groups is 1. The van der Waals surface area contributed by atoms with Crippen LogP contribution in [0.3, 0.4) is 0 Å². The van der Waals surface area contributed by atoms with Crippen LogP contribution < -0.4 is 11.2 Å². The Bertz CT molecular complexity index is 228. The van der Waals surface area contributed by atoms with Crippen molar-refractivity contribution in [3.05, 3.63) is 0 Å². The van der Waals surface area contributed by atoms with E-state index in [1.54, 1.807) is 0 Å². The Morgan fingerprint density at radius 3 is 2.31 bits per heavy atom. The van der Waals surface area contributed by atoms with Gasteiger partial charge in [0, 0.05) is 6.04 Å². The van der Waals surface area contributed by atoms with E-state index >= 15 is 0 Å². The normalized spacial score (nSPS) is 26.5. The molecule has 16 heavy (non-hydrogen) atoms. The lowest BCUT2D eigenvalue weighted by atomic mass is 9.86. The van der Waals surface area contributed by atoms with Crippen molar-refractivity contribution < 1.29 is 9.63 Å². The average Bonchev–Trinajstić information content (AvgIpc) is 2.25. The minimum Gasteiger partial charge on any atom is -0.370 e. The predicted molar refractivity (Wildman–Crippen MR) is 63.5 cm³/mol. The van der Waals surface area contributed by atoms with Crippen molar-refractivity contribution in [2.75, 3.05) is 6.54 Å². The molecule has 0 atom stereocenters. The van der Waals surface area contributed by atoms with Gasteiger partial charge in [0.05, 0.1) is 5.41 Å². The van der Waals surface area contributed by atoms with Gasteiger partial charge in [-0.15, -0.1) is 0 Å². The fourth-order valence-electron chi connectivity index (χ4n) is 1.81. The molecule has 0 aromatic heterocycles. The van der Waals surface area contributed by atoms with Crippen LogP contribution in [0.15, 0.2) is 0 Å². The number of nitrogens with one attached hydrogen (secondary N) is 1. The highest BCUT2D eigenvalue weighted by atomic mass is 16.7. The SMILES string of the molecule is CC(C)(C)C(=O)ONC1CCC(CN)CC1. The number of carbonyl (C=O) groups excluding carboxylic acids is 1. The number of nitrogens with two attached hydrogens (primary N) is 1. The topological polar surface area (TPSA) is 64.3 Å². The summed E-state index contributed by atoms with van der Waals surface area (Å²) in [6, 6.07) is 0.300. The van der Waals surface area contributed by atoms with E-state index in [0.717, 1.165) is 32.2 Å². The Labute approximate surface area is 97.9 Å². The molecule has 0 heterocycles. The van der Waals surface area contributed by atoms with Crippen molar-refractivity contribution in [1.82, 2.24) is 5.48 Å². The lowest BCUT2D eigenvalue weighted by Gasteiger charge is -2.28. The Hall–Kier alpha value is -0.610. The van der Waals surface area contributed by atoms with Gasteiger partial charge in [0.1, 0.15) is 0 Å². The zero-order valence-electron chi connectivity index (χ0n) is 10.6. The van der Waals surface area contributed by atoms with Gasteiger partial charge in [0.2, 0.25) is 0 Å². The first kappa shape index (κ1) is 13.5. The second-order valence-corrected chi connectivity index (χ2v) is 5.71. The van der Waals surface area contributed by atoms with Gasteiger partial charge < -0.3 is 10.6 Å². The van der Waals surface area contributed by atoms with Crippen LogP contribution in [0.5, 0.6) is 0 Å². The average molecular weight is 228 g/mol. The highest BCUT2D eigenvalue weighted by Crippen LogP contribution is 2.23. The van der Waals surface area contributed by atoms with E-state index < -0.39 is 5.41 Å². The third kappa shape index (κ3) is 4.10. The summed E-state index contributed by atoms with van der Waals surface area (Å²) in [5, 5.41) is 0. The van der Waals surface area contributed by atoms with Gasteiger partial charge in [0.25, 0.3) is 0 Å². The summed E-state index contributed by atoms with van der Waals surface area (Å²) in [5.74, 6) is 0.449. The molecule has 94 valence electrons. The maximum Gasteiger partial charge on any atom is 0.329 e. The van der Waals surface area contributed by atoms with Gasteiger partial charge >= 0.3 is 5.97 Å². The van der Waals surface area contributed by atoms with E-state index in [0.29, 0.717) is 12.0 Å². The molecule has 0 radical (unpaired) electrons. The van der Waals surface area contributed by atoms with Gasteiger partial charge in [-0.25, -0.2) is 4.79 Å². The van der Waals surface area contributed by atoms with Crippen LogP contribution >= 0.6 is 0 Å². The Morgan fingerprint density at radius 2 is 1.88 bits per heavy atom. The van der Waals surface area contributed by atoms with Crippen LogP contribution in [0.25, 0.3) is 0 Å². The molecule has 0 aromatic rings. The molecule has 0 saturated heterocycles. The first-order valence-electron chi connectivity index (χ1n) is 6.10. The minimum atomic E-state index is -0.443. The van der Waals surface area contributed by atoms with E-state index in [1.807, 2.05) is 20.8 Å². The van der Waals surface area contributed by atoms with E-state index in [9.17, 15) is 4.79 Å². The van der Waals surface area contributed by atoms with Gasteiger partial charge in [-0.3, -0.25) is 0 Å². The fourth-order valence-corrected chi connectivity index (χ4v) is 1.81. The molecule has 0 aliphatic heterocycles. The summed E-state index contributed by atoms with van der Waals surface area (Å²) in [4.78, 5) is 16.6. The predicted octanol–water partition coefficient (Wildman–Crippen LogP) is 1.60. The maximum absolute atomic E-state index is 11.5. The van der Waals surface area contributed by atoms with Gasteiger partial charge in [-0.05, 0) is 58.9 Å². The molecule has 4 nitrogen and oxygen atoms in total. The van der Waals surface area contributed by atoms with Crippen molar-refractivity contribution in [2.45, 2.75) is 52.5 Å². The van der Waals surface area contributed by atoms with Crippen LogP contribution in [-0.2, 0) is 9.63 Å². The Balaban J connectivity index is 2.22. The lowest BCUT2D eigenvalue weighted by Crippen LogP contribution is -2.38. The molecular weight excluding hydrogens is 204 g/mol. The summed E-state index contributed by atoms with van der Waals surface area (Å²) in [6.45, 7) is 6.32. The quantitative estimate of drug-likeness (QED) is 0.720. The molecule has 1 rings (SSSR count). The van der Waals surface area contributed by atoms with Crippen molar-refractivity contribution in [3.63, 3.8) is 0 Å². The largest absolute Gasteiger partial charge is 0.370 e. The number of carbonyl (C=O) groups is 1. The highest BCUT2D eigenvalue weighted by Gasteiger charge is 2.26. The first-order valence-corrected chi connectivity index (χ1v) is 6.10. The van der Waals surface area contributed by atoms with Crippen LogP contribution in [-0.4, -0.2) is 18.6 Å². The second-order valence-electron chi connectivity index (χ2n) is 5.71. The van der Waals surface area contributed by atoms with E-state index in [-0.39, 0.29) is 5.97 Å². The van der Waals surface area contributed by atoms with Crippen LogP contribution in [0, 0.1) is 11.3 Å². The first-order chi connectivity index (χ1) is 7.43. The second kappa shape index (κ2) is 5.64. The fraction of sp³-hybridized carbons (Fsp3) is 0.917. The molecule has 0 aromatic carbocycles. The molecule has 4 heteroatoms. The summed E-state index contributed by atoms with van der Waals surface area (Å²) in [6.07, 6.45) is 4.33. The smallest absolute Gasteiger partial charge is 0.329 e.